The van der Waals surface area contributed by atoms with Gasteiger partial charge in [0, 0.05) is 6.42 Å². The van der Waals surface area contributed by atoms with Crippen LogP contribution in [0, 0.1) is 18.4 Å². The average molecular weight is 411 g/mol. The van der Waals surface area contributed by atoms with E-state index >= 15 is 0 Å². The van der Waals surface area contributed by atoms with Crippen LogP contribution < -0.4 is 5.73 Å². The summed E-state index contributed by atoms with van der Waals surface area (Å²) in [6.07, 6.45) is 4.34. The Labute approximate surface area is 170 Å². The Kier molecular flexibility index (Phi) is 5.07. The van der Waals surface area contributed by atoms with Crippen LogP contribution in [-0.2, 0) is 20.7 Å². The molecule has 154 valence electrons. The number of nitrogens with two attached hydrogens (primary N) is 1. The van der Waals surface area contributed by atoms with Gasteiger partial charge in [0.25, 0.3) is 0 Å². The first-order valence-electron chi connectivity index (χ1n) is 9.11. The largest absolute Gasteiger partial charge is 0.458 e. The van der Waals surface area contributed by atoms with E-state index in [1.165, 1.54) is 10.9 Å². The van der Waals surface area contributed by atoms with E-state index in [0.29, 0.717) is 0 Å². The highest BCUT2D eigenvalue weighted by molar-refractivity contribution is 5.81. The van der Waals surface area contributed by atoms with Crippen molar-refractivity contribution in [3.63, 3.8) is 0 Å². The third kappa shape index (κ3) is 3.45. The molecule has 3 atom stereocenters. The number of rotatable bonds is 5. The van der Waals surface area contributed by atoms with E-state index in [1.807, 2.05) is 18.2 Å². The molecule has 0 aliphatic carbocycles. The van der Waals surface area contributed by atoms with Gasteiger partial charge in [0.2, 0.25) is 0 Å². The molecule has 1 saturated heterocycles. The Balaban J connectivity index is 1.60. The van der Waals surface area contributed by atoms with Crippen molar-refractivity contribution in [3.05, 3.63) is 48.3 Å². The quantitative estimate of drug-likeness (QED) is 0.362. The van der Waals surface area contributed by atoms with Crippen LogP contribution in [0.2, 0.25) is 0 Å². The normalized spacial score (nSPS) is 23.4. The van der Waals surface area contributed by atoms with Crippen molar-refractivity contribution in [1.82, 2.24) is 19.5 Å². The fourth-order valence-electron chi connectivity index (χ4n) is 3.45. The fraction of sp³-hybridized carbons (Fsp3) is 0.300. The number of aromatic nitrogens is 4. The molecule has 2 aromatic heterocycles. The van der Waals surface area contributed by atoms with Gasteiger partial charge in [-0.1, -0.05) is 36.3 Å². The van der Waals surface area contributed by atoms with Gasteiger partial charge in [0.15, 0.2) is 22.6 Å². The lowest BCUT2D eigenvalue weighted by Gasteiger charge is -2.26. The van der Waals surface area contributed by atoms with Crippen molar-refractivity contribution < 1.29 is 23.8 Å². The van der Waals surface area contributed by atoms with Gasteiger partial charge >= 0.3 is 12.0 Å². The number of halogens is 1. The molecule has 0 saturated carbocycles. The zero-order valence-corrected chi connectivity index (χ0v) is 15.7. The van der Waals surface area contributed by atoms with Gasteiger partial charge in [0.1, 0.15) is 12.3 Å². The van der Waals surface area contributed by atoms with Crippen LogP contribution >= 0.6 is 0 Å². The first-order valence-corrected chi connectivity index (χ1v) is 9.11. The molecule has 30 heavy (non-hydrogen) atoms. The first-order chi connectivity index (χ1) is 14.5. The summed E-state index contributed by atoms with van der Waals surface area (Å²) in [7, 11) is 0. The Morgan fingerprint density at radius 1 is 1.43 bits per heavy atom. The van der Waals surface area contributed by atoms with Gasteiger partial charge in [-0.3, -0.25) is 9.36 Å². The molecule has 3 N–H and O–H groups in total. The maximum Gasteiger partial charge on any atom is 0.312 e. The van der Waals surface area contributed by atoms with Gasteiger partial charge in [0.05, 0.1) is 19.4 Å². The van der Waals surface area contributed by atoms with Crippen molar-refractivity contribution >= 4 is 23.0 Å². The smallest absolute Gasteiger partial charge is 0.312 e. The molecule has 0 amide bonds. The van der Waals surface area contributed by atoms with Crippen molar-refractivity contribution in [1.29, 1.82) is 0 Å². The number of imidazole rings is 1. The maximum absolute atomic E-state index is 13.7. The molecule has 9 nitrogen and oxygen atoms in total. The standard InChI is InChI=1S/C20H18FN5O4/c1-2-20(10-27)13(29-15(28)8-12-6-4-3-5-7-12)9-14(30-20)26-11-23-16-17(22)24-19(21)25-18(16)26/h1,3-7,11,13-14,27H,8-10H2,(H2,22,24,25)/t13-,14+,20+/m0/s1. The van der Waals surface area contributed by atoms with E-state index < -0.39 is 36.6 Å². The number of hydrogen-bond acceptors (Lipinski definition) is 8. The zero-order valence-electron chi connectivity index (χ0n) is 15.7. The lowest BCUT2D eigenvalue weighted by atomic mass is 9.98. The Bertz CT molecular complexity index is 1130. The molecule has 0 spiro atoms. The average Bonchev–Trinajstić information content (AvgIpc) is 3.30. The third-order valence-electron chi connectivity index (χ3n) is 4.96. The van der Waals surface area contributed by atoms with Crippen LogP contribution in [0.4, 0.5) is 10.2 Å². The number of terminal acetylenes is 1. The molecule has 0 radical (unpaired) electrons. The summed E-state index contributed by atoms with van der Waals surface area (Å²) in [4.78, 5) is 23.7. The number of fused-ring (bicyclic) bond motifs is 1. The molecule has 3 aromatic rings. The number of benzene rings is 1. The molecule has 0 unspecified atom stereocenters. The van der Waals surface area contributed by atoms with Crippen LogP contribution in [0.1, 0.15) is 18.2 Å². The molecular formula is C20H18FN5O4. The minimum atomic E-state index is -1.56. The molecular weight excluding hydrogens is 393 g/mol. The summed E-state index contributed by atoms with van der Waals surface area (Å²) in [5.74, 6) is 1.76. The molecule has 4 rings (SSSR count). The number of carbonyl (C=O) groups is 1. The number of carbonyl (C=O) groups excluding carboxylic acids is 1. The number of anilines is 1. The number of hydrogen-bond donors (Lipinski definition) is 2. The second kappa shape index (κ2) is 7.70. The summed E-state index contributed by atoms with van der Waals surface area (Å²) in [5, 5.41) is 9.92. The lowest BCUT2D eigenvalue weighted by Crippen LogP contribution is -2.44. The van der Waals surface area contributed by atoms with Gasteiger partial charge in [-0.2, -0.15) is 14.4 Å². The van der Waals surface area contributed by atoms with Gasteiger partial charge in [-0.25, -0.2) is 4.98 Å². The van der Waals surface area contributed by atoms with E-state index in [-0.39, 0.29) is 29.8 Å². The van der Waals surface area contributed by atoms with Crippen LogP contribution in [-0.4, -0.2) is 48.9 Å². The second-order valence-corrected chi connectivity index (χ2v) is 6.84. The van der Waals surface area contributed by atoms with Crippen LogP contribution in [0.15, 0.2) is 36.7 Å². The number of nitrogens with zero attached hydrogens (tertiary/aromatic N) is 4. The van der Waals surface area contributed by atoms with E-state index in [4.69, 9.17) is 21.6 Å². The van der Waals surface area contributed by atoms with E-state index in [0.717, 1.165) is 5.56 Å². The van der Waals surface area contributed by atoms with Crippen LogP contribution in [0.3, 0.4) is 0 Å². The van der Waals surface area contributed by atoms with Gasteiger partial charge in [-0.05, 0) is 5.56 Å². The Morgan fingerprint density at radius 2 is 2.20 bits per heavy atom. The minimum absolute atomic E-state index is 0.0388. The predicted octanol–water partition coefficient (Wildman–Crippen LogP) is 0.985. The van der Waals surface area contributed by atoms with Crippen molar-refractivity contribution in [3.8, 4) is 12.3 Å². The molecule has 3 heterocycles. The maximum atomic E-state index is 13.7. The highest BCUT2D eigenvalue weighted by Crippen LogP contribution is 2.39. The third-order valence-corrected chi connectivity index (χ3v) is 4.96. The fourth-order valence-corrected chi connectivity index (χ4v) is 3.45. The van der Waals surface area contributed by atoms with Crippen LogP contribution in [0.25, 0.3) is 11.2 Å². The minimum Gasteiger partial charge on any atom is -0.458 e. The van der Waals surface area contributed by atoms with Gasteiger partial charge in [-0.15, -0.1) is 6.42 Å². The topological polar surface area (TPSA) is 125 Å². The lowest BCUT2D eigenvalue weighted by molar-refractivity contribution is -0.158. The highest BCUT2D eigenvalue weighted by atomic mass is 19.1. The van der Waals surface area contributed by atoms with Gasteiger partial charge < -0.3 is 20.3 Å². The number of ether oxygens (including phenoxy) is 2. The SMILES string of the molecule is C#C[C@]1(CO)O[C@@H](n2cnc3c(N)nc(F)nc32)C[C@@H]1OC(=O)Cc1ccccc1. The molecule has 0 bridgehead atoms. The molecule has 1 aromatic carbocycles. The van der Waals surface area contributed by atoms with E-state index in [2.05, 4.69) is 20.9 Å². The number of aliphatic hydroxyl groups is 1. The summed E-state index contributed by atoms with van der Waals surface area (Å²) in [6, 6.07) is 9.06. The van der Waals surface area contributed by atoms with Crippen LogP contribution in [0.5, 0.6) is 0 Å². The zero-order chi connectivity index (χ0) is 21.3. The van der Waals surface area contributed by atoms with Crippen molar-refractivity contribution in [2.24, 2.45) is 0 Å². The summed E-state index contributed by atoms with van der Waals surface area (Å²) in [6.45, 7) is -0.582. The molecule has 1 aliphatic heterocycles. The molecule has 1 fully saturated rings. The summed E-state index contributed by atoms with van der Waals surface area (Å²) < 4.78 is 26.5. The number of nitrogen functional groups attached to an aromatic ring is 1. The monoisotopic (exact) mass is 411 g/mol. The number of aliphatic hydroxyl groups excluding tert-OH is 1. The highest BCUT2D eigenvalue weighted by Gasteiger charge is 2.51. The Hall–Kier alpha value is -3.55. The Morgan fingerprint density at radius 3 is 2.90 bits per heavy atom. The molecule has 1 aliphatic rings. The first kappa shape index (κ1) is 19.8. The van der Waals surface area contributed by atoms with E-state index in [1.54, 1.807) is 12.1 Å². The summed E-state index contributed by atoms with van der Waals surface area (Å²) in [5.41, 5.74) is 5.20. The summed E-state index contributed by atoms with van der Waals surface area (Å²) >= 11 is 0. The predicted molar refractivity (Wildman–Crippen MR) is 103 cm³/mol. The second-order valence-electron chi connectivity index (χ2n) is 6.84. The number of esters is 1. The molecule has 10 heteroatoms. The van der Waals surface area contributed by atoms with Crippen molar-refractivity contribution in [2.75, 3.05) is 12.3 Å². The van der Waals surface area contributed by atoms with Crippen molar-refractivity contribution in [2.45, 2.75) is 30.8 Å². The van der Waals surface area contributed by atoms with E-state index in [9.17, 15) is 14.3 Å².